The van der Waals surface area contributed by atoms with Gasteiger partial charge >= 0.3 is 0 Å². The average Bonchev–Trinajstić information content (AvgIpc) is 2.91. The van der Waals surface area contributed by atoms with Gasteiger partial charge in [0, 0.05) is 18.2 Å². The number of nitrogens with one attached hydrogen (secondary N) is 1. The molecule has 1 aromatic carbocycles. The minimum Gasteiger partial charge on any atom is -0.490 e. The van der Waals surface area contributed by atoms with E-state index in [4.69, 9.17) is 15.2 Å². The smallest absolute Gasteiger partial charge is 0.193 e. The molecule has 0 aliphatic carbocycles. The summed E-state index contributed by atoms with van der Waals surface area (Å²) in [6.07, 6.45) is 4.01. The van der Waals surface area contributed by atoms with Gasteiger partial charge in [0.15, 0.2) is 17.5 Å². The van der Waals surface area contributed by atoms with Crippen LogP contribution in [0.1, 0.15) is 6.42 Å². The minimum absolute atomic E-state index is 0. The van der Waals surface area contributed by atoms with Gasteiger partial charge in [-0.3, -0.25) is 9.67 Å². The van der Waals surface area contributed by atoms with Crippen LogP contribution in [-0.4, -0.2) is 40.5 Å². The van der Waals surface area contributed by atoms with Crippen LogP contribution in [-0.2, 0) is 6.54 Å². The van der Waals surface area contributed by atoms with Crippen LogP contribution in [0.15, 0.2) is 35.8 Å². The summed E-state index contributed by atoms with van der Waals surface area (Å²) in [6.45, 7) is 2.47. The van der Waals surface area contributed by atoms with Gasteiger partial charge in [0.25, 0.3) is 0 Å². The van der Waals surface area contributed by atoms with Crippen molar-refractivity contribution in [3.05, 3.63) is 30.9 Å². The zero-order valence-electron chi connectivity index (χ0n) is 12.5. The zero-order valence-corrected chi connectivity index (χ0v) is 14.8. The van der Waals surface area contributed by atoms with Crippen molar-refractivity contribution < 1.29 is 9.47 Å². The van der Waals surface area contributed by atoms with Crippen molar-refractivity contribution in [2.75, 3.05) is 25.1 Å². The Kier molecular flexibility index (Phi) is 6.44. The van der Waals surface area contributed by atoms with Crippen molar-refractivity contribution >= 4 is 35.6 Å². The zero-order chi connectivity index (χ0) is 15.2. The molecule has 9 heteroatoms. The molecule has 3 N–H and O–H groups in total. The number of rotatable bonds is 4. The molecule has 1 aliphatic heterocycles. The van der Waals surface area contributed by atoms with Crippen molar-refractivity contribution in [3.8, 4) is 11.5 Å². The van der Waals surface area contributed by atoms with Crippen LogP contribution in [0.4, 0.5) is 5.69 Å². The molecule has 0 saturated carbocycles. The number of aliphatic imine (C=N–C) groups is 1. The maximum absolute atomic E-state index is 5.87. The number of nitrogens with zero attached hydrogens (tertiary/aromatic N) is 4. The lowest BCUT2D eigenvalue weighted by atomic mass is 10.3. The highest BCUT2D eigenvalue weighted by molar-refractivity contribution is 14.0. The van der Waals surface area contributed by atoms with Crippen molar-refractivity contribution in [1.82, 2.24) is 14.8 Å². The number of anilines is 1. The van der Waals surface area contributed by atoms with Gasteiger partial charge in [-0.15, -0.1) is 24.0 Å². The van der Waals surface area contributed by atoms with Gasteiger partial charge in [0.05, 0.1) is 26.3 Å². The quantitative estimate of drug-likeness (QED) is 0.433. The van der Waals surface area contributed by atoms with E-state index in [1.807, 2.05) is 18.2 Å². The largest absolute Gasteiger partial charge is 0.490 e. The summed E-state index contributed by atoms with van der Waals surface area (Å²) < 4.78 is 12.9. The molecule has 0 spiro atoms. The topological polar surface area (TPSA) is 99.6 Å². The van der Waals surface area contributed by atoms with Crippen LogP contribution >= 0.6 is 24.0 Å². The Labute approximate surface area is 151 Å². The maximum atomic E-state index is 5.87. The Balaban J connectivity index is 0.00000192. The highest BCUT2D eigenvalue weighted by Crippen LogP contribution is 2.32. The second-order valence-corrected chi connectivity index (χ2v) is 4.76. The van der Waals surface area contributed by atoms with Crippen LogP contribution in [0.2, 0.25) is 0 Å². The van der Waals surface area contributed by atoms with E-state index in [0.717, 1.165) is 23.6 Å². The van der Waals surface area contributed by atoms with Gasteiger partial charge in [0.1, 0.15) is 12.7 Å². The van der Waals surface area contributed by atoms with Crippen LogP contribution in [0, 0.1) is 0 Å². The van der Waals surface area contributed by atoms with Crippen LogP contribution in [0.25, 0.3) is 0 Å². The van der Waals surface area contributed by atoms with Crippen LogP contribution < -0.4 is 20.5 Å². The van der Waals surface area contributed by atoms with Gasteiger partial charge in [-0.2, -0.15) is 5.10 Å². The first kappa shape index (κ1) is 17.3. The van der Waals surface area contributed by atoms with E-state index in [1.54, 1.807) is 11.0 Å². The van der Waals surface area contributed by atoms with Gasteiger partial charge in [-0.05, 0) is 12.1 Å². The molecule has 8 nitrogen and oxygen atoms in total. The normalized spacial score (nSPS) is 13.8. The van der Waals surface area contributed by atoms with Gasteiger partial charge in [-0.25, -0.2) is 4.98 Å². The van der Waals surface area contributed by atoms with E-state index in [9.17, 15) is 0 Å². The first-order valence-corrected chi connectivity index (χ1v) is 7.10. The number of guanidine groups is 1. The van der Waals surface area contributed by atoms with E-state index in [1.165, 1.54) is 6.33 Å². The molecule has 3 rings (SSSR count). The molecule has 23 heavy (non-hydrogen) atoms. The Hall–Kier alpha value is -2.04. The third-order valence-electron chi connectivity index (χ3n) is 3.10. The Morgan fingerprint density at radius 3 is 2.91 bits per heavy atom. The maximum Gasteiger partial charge on any atom is 0.193 e. The molecule has 124 valence electrons. The summed E-state index contributed by atoms with van der Waals surface area (Å²) >= 11 is 0. The summed E-state index contributed by atoms with van der Waals surface area (Å²) in [5.41, 5.74) is 6.68. The molecule has 0 radical (unpaired) electrons. The number of fused-ring (bicyclic) bond motifs is 1. The van der Waals surface area contributed by atoms with Crippen molar-refractivity contribution in [2.24, 2.45) is 10.7 Å². The standard InChI is InChI=1S/C14H18N6O2.HI/c15-14(17-4-5-20-10-16-9-18-20)19-11-2-3-12-13(8-11)22-7-1-6-21-12;/h2-3,8-10H,1,4-7H2,(H3,15,17,19);1H. The van der Waals surface area contributed by atoms with Crippen LogP contribution in [0.3, 0.4) is 0 Å². The predicted molar refractivity (Wildman–Crippen MR) is 97.6 cm³/mol. The molecular weight excluding hydrogens is 411 g/mol. The molecule has 2 aromatic rings. The second-order valence-electron chi connectivity index (χ2n) is 4.76. The summed E-state index contributed by atoms with van der Waals surface area (Å²) in [4.78, 5) is 8.11. The molecule has 0 atom stereocenters. The molecule has 2 heterocycles. The number of benzene rings is 1. The first-order chi connectivity index (χ1) is 10.8. The molecule has 1 aliphatic rings. The third-order valence-corrected chi connectivity index (χ3v) is 3.10. The highest BCUT2D eigenvalue weighted by Gasteiger charge is 2.10. The molecule has 0 saturated heterocycles. The third kappa shape index (κ3) is 4.98. The lowest BCUT2D eigenvalue weighted by molar-refractivity contribution is 0.297. The Morgan fingerprint density at radius 2 is 2.13 bits per heavy atom. The first-order valence-electron chi connectivity index (χ1n) is 7.10. The molecule has 0 fully saturated rings. The molecule has 0 bridgehead atoms. The van der Waals surface area contributed by atoms with E-state index in [-0.39, 0.29) is 24.0 Å². The average molecular weight is 430 g/mol. The summed E-state index contributed by atoms with van der Waals surface area (Å²) in [7, 11) is 0. The van der Waals surface area contributed by atoms with E-state index in [2.05, 4.69) is 20.4 Å². The number of nitrogens with two attached hydrogens (primary N) is 1. The Morgan fingerprint density at radius 1 is 1.30 bits per heavy atom. The molecule has 0 amide bonds. The van der Waals surface area contributed by atoms with E-state index in [0.29, 0.717) is 32.3 Å². The number of aromatic nitrogens is 3. The van der Waals surface area contributed by atoms with Gasteiger partial charge < -0.3 is 20.5 Å². The molecular formula is C14H19IN6O2. The fourth-order valence-electron chi connectivity index (χ4n) is 2.05. The lowest BCUT2D eigenvalue weighted by Gasteiger charge is -2.10. The summed E-state index contributed by atoms with van der Waals surface area (Å²) in [6, 6.07) is 5.61. The van der Waals surface area contributed by atoms with Gasteiger partial charge in [-0.1, -0.05) is 0 Å². The van der Waals surface area contributed by atoms with Crippen molar-refractivity contribution in [2.45, 2.75) is 13.0 Å². The second kappa shape index (κ2) is 8.56. The van der Waals surface area contributed by atoms with E-state index < -0.39 is 0 Å². The summed E-state index contributed by atoms with van der Waals surface area (Å²) in [5.74, 6) is 1.82. The van der Waals surface area contributed by atoms with Crippen molar-refractivity contribution in [1.29, 1.82) is 0 Å². The number of halogens is 1. The van der Waals surface area contributed by atoms with Crippen molar-refractivity contribution in [3.63, 3.8) is 0 Å². The lowest BCUT2D eigenvalue weighted by Crippen LogP contribution is -2.23. The predicted octanol–water partition coefficient (Wildman–Crippen LogP) is 1.48. The molecule has 0 unspecified atom stereocenters. The summed E-state index contributed by atoms with van der Waals surface area (Å²) in [5, 5.41) is 7.04. The molecule has 1 aromatic heterocycles. The number of ether oxygens (including phenoxy) is 2. The SMILES string of the molecule is I.NC(=NCCn1cncn1)Nc1ccc2c(c1)OCCCO2. The minimum atomic E-state index is 0. The number of hydrogen-bond donors (Lipinski definition) is 2. The van der Waals surface area contributed by atoms with Gasteiger partial charge in [0.2, 0.25) is 0 Å². The van der Waals surface area contributed by atoms with E-state index >= 15 is 0 Å². The monoisotopic (exact) mass is 430 g/mol. The number of hydrogen-bond acceptors (Lipinski definition) is 5. The Bertz CT molecular complexity index is 647. The fourth-order valence-corrected chi connectivity index (χ4v) is 2.05. The highest BCUT2D eigenvalue weighted by atomic mass is 127. The fraction of sp³-hybridized carbons (Fsp3) is 0.357. The van der Waals surface area contributed by atoms with Crippen LogP contribution in [0.5, 0.6) is 11.5 Å².